The van der Waals surface area contributed by atoms with Crippen molar-refractivity contribution >= 4 is 17.2 Å². The molecule has 23 heavy (non-hydrogen) atoms. The van der Waals surface area contributed by atoms with Gasteiger partial charge in [0.15, 0.2) is 11.9 Å². The number of nitrogens with zero attached hydrogens (tertiary/aromatic N) is 5. The molecule has 7 heteroatoms. The molecule has 122 valence electrons. The molecule has 1 atom stereocenters. The van der Waals surface area contributed by atoms with Gasteiger partial charge in [0, 0.05) is 32.7 Å². The van der Waals surface area contributed by atoms with Crippen molar-refractivity contribution in [2.24, 2.45) is 0 Å². The number of aromatic nitrogens is 3. The Kier molecular flexibility index (Phi) is 3.90. The van der Waals surface area contributed by atoms with E-state index >= 15 is 0 Å². The highest BCUT2D eigenvalue weighted by molar-refractivity contribution is 7.07. The van der Waals surface area contributed by atoms with Gasteiger partial charge in [-0.15, -0.1) is 10.2 Å². The fourth-order valence-electron chi connectivity index (χ4n) is 3.56. The quantitative estimate of drug-likeness (QED) is 0.861. The van der Waals surface area contributed by atoms with Crippen LogP contribution in [0.3, 0.4) is 0 Å². The van der Waals surface area contributed by atoms with E-state index in [1.807, 2.05) is 11.8 Å². The summed E-state index contributed by atoms with van der Waals surface area (Å²) in [6.45, 7) is 6.19. The van der Waals surface area contributed by atoms with E-state index in [2.05, 4.69) is 36.5 Å². The summed E-state index contributed by atoms with van der Waals surface area (Å²) in [6.07, 6.45) is 2.21. The largest absolute Gasteiger partial charge is 0.341 e. The summed E-state index contributed by atoms with van der Waals surface area (Å²) in [7, 11) is 0. The highest BCUT2D eigenvalue weighted by Gasteiger charge is 2.39. The predicted molar refractivity (Wildman–Crippen MR) is 88.0 cm³/mol. The fraction of sp³-hybridized carbons (Fsp3) is 0.562. The summed E-state index contributed by atoms with van der Waals surface area (Å²) >= 11 is 1.70. The van der Waals surface area contributed by atoms with Crippen molar-refractivity contribution in [2.45, 2.75) is 38.9 Å². The molecule has 0 saturated carbocycles. The number of carbonyl (C=O) groups excluding carboxylic acids is 1. The lowest BCUT2D eigenvalue weighted by Gasteiger charge is -2.36. The molecule has 4 heterocycles. The average molecular weight is 331 g/mol. The van der Waals surface area contributed by atoms with Crippen LogP contribution in [0.1, 0.15) is 36.1 Å². The first-order valence-electron chi connectivity index (χ1n) is 8.17. The van der Waals surface area contributed by atoms with Crippen LogP contribution in [0, 0.1) is 6.92 Å². The van der Waals surface area contributed by atoms with Crippen LogP contribution in [0.2, 0.25) is 0 Å². The van der Waals surface area contributed by atoms with E-state index in [1.54, 1.807) is 11.3 Å². The second-order valence-electron chi connectivity index (χ2n) is 6.29. The Morgan fingerprint density at radius 1 is 1.26 bits per heavy atom. The number of carbonyl (C=O) groups is 1. The van der Waals surface area contributed by atoms with Gasteiger partial charge in [0.2, 0.25) is 5.91 Å². The molecule has 2 aromatic rings. The van der Waals surface area contributed by atoms with Crippen molar-refractivity contribution < 1.29 is 4.79 Å². The van der Waals surface area contributed by atoms with Crippen LogP contribution in [-0.4, -0.2) is 50.1 Å². The van der Waals surface area contributed by atoms with Crippen molar-refractivity contribution in [3.63, 3.8) is 0 Å². The summed E-state index contributed by atoms with van der Waals surface area (Å²) in [5.74, 6) is 1.89. The molecule has 1 unspecified atom stereocenters. The van der Waals surface area contributed by atoms with E-state index in [9.17, 15) is 4.79 Å². The third-order valence-electron chi connectivity index (χ3n) is 4.80. The number of likely N-dealkylation sites (tertiary alicyclic amines) is 1. The van der Waals surface area contributed by atoms with Crippen LogP contribution in [-0.2, 0) is 17.9 Å². The molecule has 0 spiro atoms. The molecule has 0 radical (unpaired) electrons. The Bertz CT molecular complexity index is 689. The number of fused-ring (bicyclic) bond motifs is 1. The Labute approximate surface area is 139 Å². The van der Waals surface area contributed by atoms with Crippen molar-refractivity contribution in [1.29, 1.82) is 0 Å². The van der Waals surface area contributed by atoms with E-state index < -0.39 is 0 Å². The van der Waals surface area contributed by atoms with Crippen LogP contribution >= 0.6 is 11.3 Å². The van der Waals surface area contributed by atoms with E-state index in [-0.39, 0.29) is 11.9 Å². The average Bonchev–Trinajstić information content (AvgIpc) is 3.29. The first kappa shape index (κ1) is 14.8. The molecule has 6 nitrogen and oxygen atoms in total. The van der Waals surface area contributed by atoms with Gasteiger partial charge in [0.25, 0.3) is 0 Å². The molecule has 0 bridgehead atoms. The smallest absolute Gasteiger partial charge is 0.247 e. The first-order valence-corrected chi connectivity index (χ1v) is 9.12. The number of hydrogen-bond donors (Lipinski definition) is 0. The number of thiophene rings is 1. The molecule has 1 saturated heterocycles. The summed E-state index contributed by atoms with van der Waals surface area (Å²) in [5, 5.41) is 12.8. The molecule has 1 fully saturated rings. The van der Waals surface area contributed by atoms with Crippen molar-refractivity contribution in [1.82, 2.24) is 24.6 Å². The third kappa shape index (κ3) is 2.68. The summed E-state index contributed by atoms with van der Waals surface area (Å²) < 4.78 is 2.10. The van der Waals surface area contributed by atoms with Crippen molar-refractivity contribution in [3.8, 4) is 0 Å². The topological polar surface area (TPSA) is 54.3 Å². The number of amides is 1. The lowest BCUT2D eigenvalue weighted by Crippen LogP contribution is -2.47. The van der Waals surface area contributed by atoms with Crippen LogP contribution < -0.4 is 0 Å². The van der Waals surface area contributed by atoms with Crippen molar-refractivity contribution in [3.05, 3.63) is 34.0 Å². The molecule has 4 rings (SSSR count). The van der Waals surface area contributed by atoms with E-state index in [1.165, 1.54) is 5.56 Å². The maximum atomic E-state index is 13.1. The van der Waals surface area contributed by atoms with Crippen LogP contribution in [0.25, 0.3) is 0 Å². The summed E-state index contributed by atoms with van der Waals surface area (Å²) in [6, 6.07) is 1.83. The van der Waals surface area contributed by atoms with Gasteiger partial charge in [-0.05, 0) is 42.2 Å². The maximum absolute atomic E-state index is 13.1. The zero-order valence-corrected chi connectivity index (χ0v) is 14.1. The molecule has 0 aromatic carbocycles. The molecule has 2 aliphatic heterocycles. The van der Waals surface area contributed by atoms with Gasteiger partial charge in [0.1, 0.15) is 5.82 Å². The molecular weight excluding hydrogens is 310 g/mol. The third-order valence-corrected chi connectivity index (χ3v) is 5.53. The van der Waals surface area contributed by atoms with Gasteiger partial charge >= 0.3 is 0 Å². The Hall–Kier alpha value is -1.73. The lowest BCUT2D eigenvalue weighted by molar-refractivity contribution is -0.137. The van der Waals surface area contributed by atoms with Gasteiger partial charge in [-0.3, -0.25) is 9.69 Å². The SMILES string of the molecule is Cc1nnc2n1CCN(Cc1ccsc1)C2C(=O)N1CCCC1. The second kappa shape index (κ2) is 6.05. The Morgan fingerprint density at radius 2 is 2.09 bits per heavy atom. The van der Waals surface area contributed by atoms with Crippen LogP contribution in [0.4, 0.5) is 0 Å². The highest BCUT2D eigenvalue weighted by Crippen LogP contribution is 2.29. The minimum absolute atomic E-state index is 0.186. The van der Waals surface area contributed by atoms with E-state index in [0.29, 0.717) is 0 Å². The van der Waals surface area contributed by atoms with Gasteiger partial charge in [-0.2, -0.15) is 11.3 Å². The standard InChI is InChI=1S/C16H21N5OS/c1-12-17-18-15-14(16(22)19-5-2-3-6-19)20(7-8-21(12)15)10-13-4-9-23-11-13/h4,9,11,14H,2-3,5-8,10H2,1H3. The lowest BCUT2D eigenvalue weighted by atomic mass is 10.1. The highest BCUT2D eigenvalue weighted by atomic mass is 32.1. The van der Waals surface area contributed by atoms with E-state index in [0.717, 1.165) is 57.2 Å². The minimum atomic E-state index is -0.303. The van der Waals surface area contributed by atoms with Gasteiger partial charge in [0.05, 0.1) is 0 Å². The maximum Gasteiger partial charge on any atom is 0.247 e. The van der Waals surface area contributed by atoms with Crippen LogP contribution in [0.15, 0.2) is 16.8 Å². The zero-order valence-electron chi connectivity index (χ0n) is 13.3. The Balaban J connectivity index is 1.66. The molecule has 2 aromatic heterocycles. The second-order valence-corrected chi connectivity index (χ2v) is 7.07. The van der Waals surface area contributed by atoms with Crippen LogP contribution in [0.5, 0.6) is 0 Å². The minimum Gasteiger partial charge on any atom is -0.341 e. The van der Waals surface area contributed by atoms with Gasteiger partial charge in [-0.25, -0.2) is 0 Å². The summed E-state index contributed by atoms with van der Waals surface area (Å²) in [4.78, 5) is 17.4. The normalized spacial score (nSPS) is 21.6. The number of aryl methyl sites for hydroxylation is 1. The molecule has 1 amide bonds. The fourth-order valence-corrected chi connectivity index (χ4v) is 4.22. The molecule has 0 N–H and O–H groups in total. The predicted octanol–water partition coefficient (Wildman–Crippen LogP) is 1.83. The van der Waals surface area contributed by atoms with Crippen molar-refractivity contribution in [2.75, 3.05) is 19.6 Å². The molecular formula is C16H21N5OS. The van der Waals surface area contributed by atoms with E-state index in [4.69, 9.17) is 0 Å². The first-order chi connectivity index (χ1) is 11.2. The zero-order chi connectivity index (χ0) is 15.8. The number of hydrogen-bond acceptors (Lipinski definition) is 5. The molecule has 0 aliphatic carbocycles. The Morgan fingerprint density at radius 3 is 2.83 bits per heavy atom. The monoisotopic (exact) mass is 331 g/mol. The van der Waals surface area contributed by atoms with Gasteiger partial charge < -0.3 is 9.47 Å². The number of rotatable bonds is 3. The summed E-state index contributed by atoms with van der Waals surface area (Å²) in [5.41, 5.74) is 1.26. The molecule has 2 aliphatic rings. The van der Waals surface area contributed by atoms with Gasteiger partial charge in [-0.1, -0.05) is 0 Å².